The van der Waals surface area contributed by atoms with Gasteiger partial charge in [0.25, 0.3) is 0 Å². The van der Waals surface area contributed by atoms with Gasteiger partial charge in [0.15, 0.2) is 0 Å². The number of hydrogen-bond donors (Lipinski definition) is 0. The predicted octanol–water partition coefficient (Wildman–Crippen LogP) is 6.03. The van der Waals surface area contributed by atoms with Crippen LogP contribution in [0.3, 0.4) is 0 Å². The molecule has 2 aliphatic carbocycles. The van der Waals surface area contributed by atoms with Crippen LogP contribution >= 0.6 is 11.3 Å². The van der Waals surface area contributed by atoms with E-state index < -0.39 is 5.41 Å². The molecule has 2 aliphatic heterocycles. The van der Waals surface area contributed by atoms with Crippen LogP contribution in [0, 0.1) is 5.41 Å². The second-order valence-corrected chi connectivity index (χ2v) is 9.54. The lowest BCUT2D eigenvalue weighted by Crippen LogP contribution is -2.61. The van der Waals surface area contributed by atoms with Crippen LogP contribution in [0.2, 0.25) is 0 Å². The number of methoxy groups -OCH3 is 1. The molecule has 2 bridgehead atoms. The highest BCUT2D eigenvalue weighted by Crippen LogP contribution is 2.69. The van der Waals surface area contributed by atoms with Gasteiger partial charge in [0.05, 0.1) is 17.7 Å². The van der Waals surface area contributed by atoms with E-state index in [1.165, 1.54) is 26.1 Å². The number of esters is 1. The first-order chi connectivity index (χ1) is 13.1. The second-order valence-electron chi connectivity index (χ2n) is 8.46. The van der Waals surface area contributed by atoms with Gasteiger partial charge in [0.2, 0.25) is 0 Å². The summed E-state index contributed by atoms with van der Waals surface area (Å²) in [5, 5.41) is 1.23. The van der Waals surface area contributed by atoms with E-state index >= 15 is 0 Å². The lowest BCUT2D eigenvalue weighted by atomic mass is 9.46. The van der Waals surface area contributed by atoms with Crippen molar-refractivity contribution in [3.63, 3.8) is 0 Å². The SMILES string of the molecule is CCCCC1=C(OC)CC[C@]2(C)C[C@H]3OC(=O)[C@@]12c1c3sc2ccccc12. The van der Waals surface area contributed by atoms with Crippen molar-refractivity contribution in [2.24, 2.45) is 5.41 Å². The Labute approximate surface area is 164 Å². The number of ether oxygens (including phenoxy) is 2. The molecule has 1 saturated heterocycles. The maximum atomic E-state index is 13.6. The third-order valence-electron chi connectivity index (χ3n) is 7.11. The van der Waals surface area contributed by atoms with Gasteiger partial charge in [-0.2, -0.15) is 0 Å². The van der Waals surface area contributed by atoms with E-state index in [1.807, 2.05) is 11.3 Å². The molecule has 27 heavy (non-hydrogen) atoms. The third-order valence-corrected chi connectivity index (χ3v) is 8.37. The molecule has 3 nitrogen and oxygen atoms in total. The standard InChI is InChI=1S/C23H26O3S/c1-4-5-9-15-16(25-3)11-12-22(2)13-17-20-19(23(15,22)21(24)26-17)14-8-6-7-10-18(14)27-20/h6-8,10,17H,4-5,9,11-13H2,1-3H3/t17-,22-,23+/m1/s1. The Bertz CT molecular complexity index is 971. The molecular formula is C23H26O3S. The Morgan fingerprint density at radius 1 is 1.33 bits per heavy atom. The van der Waals surface area contributed by atoms with E-state index in [-0.39, 0.29) is 17.5 Å². The highest BCUT2D eigenvalue weighted by Gasteiger charge is 2.69. The van der Waals surface area contributed by atoms with Gasteiger partial charge < -0.3 is 9.47 Å². The first kappa shape index (κ1) is 17.3. The van der Waals surface area contributed by atoms with Crippen molar-refractivity contribution in [3.8, 4) is 0 Å². The molecule has 0 N–H and O–H groups in total. The van der Waals surface area contributed by atoms with Crippen molar-refractivity contribution < 1.29 is 14.3 Å². The summed E-state index contributed by atoms with van der Waals surface area (Å²) in [4.78, 5) is 14.9. The van der Waals surface area contributed by atoms with Crippen molar-refractivity contribution >= 4 is 27.4 Å². The Balaban J connectivity index is 1.89. The van der Waals surface area contributed by atoms with Crippen molar-refractivity contribution in [3.05, 3.63) is 46.0 Å². The molecule has 1 fully saturated rings. The van der Waals surface area contributed by atoms with Crippen LogP contribution in [0.4, 0.5) is 0 Å². The second kappa shape index (κ2) is 5.84. The summed E-state index contributed by atoms with van der Waals surface area (Å²) in [6, 6.07) is 8.53. The highest BCUT2D eigenvalue weighted by molar-refractivity contribution is 7.19. The number of thiophene rings is 1. The van der Waals surface area contributed by atoms with E-state index in [0.717, 1.165) is 44.3 Å². The van der Waals surface area contributed by atoms with Crippen molar-refractivity contribution in [2.45, 2.75) is 63.9 Å². The van der Waals surface area contributed by atoms with Crippen molar-refractivity contribution in [1.82, 2.24) is 0 Å². The van der Waals surface area contributed by atoms with E-state index in [9.17, 15) is 4.79 Å². The summed E-state index contributed by atoms with van der Waals surface area (Å²) in [5.41, 5.74) is 1.64. The number of allylic oxidation sites excluding steroid dienone is 1. The topological polar surface area (TPSA) is 35.5 Å². The van der Waals surface area contributed by atoms with Crippen molar-refractivity contribution in [1.29, 1.82) is 0 Å². The summed E-state index contributed by atoms with van der Waals surface area (Å²) in [6.07, 6.45) is 5.79. The zero-order valence-corrected chi connectivity index (χ0v) is 17.1. The molecule has 1 aromatic carbocycles. The van der Waals surface area contributed by atoms with Crippen LogP contribution in [-0.4, -0.2) is 13.1 Å². The first-order valence-corrected chi connectivity index (χ1v) is 10.9. The minimum absolute atomic E-state index is 0.0438. The Morgan fingerprint density at radius 2 is 2.15 bits per heavy atom. The zero-order valence-electron chi connectivity index (χ0n) is 16.3. The summed E-state index contributed by atoms with van der Waals surface area (Å²) >= 11 is 1.81. The first-order valence-electron chi connectivity index (χ1n) is 10.1. The molecule has 2 aromatic rings. The fraction of sp³-hybridized carbons (Fsp3) is 0.522. The molecule has 0 radical (unpaired) electrons. The van der Waals surface area contributed by atoms with Crippen LogP contribution in [0.25, 0.3) is 10.1 Å². The smallest absolute Gasteiger partial charge is 0.322 e. The highest BCUT2D eigenvalue weighted by atomic mass is 32.1. The number of carbonyl (C=O) groups is 1. The Hall–Kier alpha value is -1.81. The summed E-state index contributed by atoms with van der Waals surface area (Å²) in [7, 11) is 1.76. The molecule has 142 valence electrons. The van der Waals surface area contributed by atoms with Crippen molar-refractivity contribution in [2.75, 3.05) is 7.11 Å². The van der Waals surface area contributed by atoms with Crippen LogP contribution in [0.5, 0.6) is 0 Å². The summed E-state index contributed by atoms with van der Waals surface area (Å²) < 4.78 is 13.2. The molecular weight excluding hydrogens is 356 g/mol. The minimum Gasteiger partial charge on any atom is -0.501 e. The third kappa shape index (κ3) is 2.00. The molecule has 3 atom stereocenters. The van der Waals surface area contributed by atoms with Gasteiger partial charge in [-0.3, -0.25) is 4.79 Å². The van der Waals surface area contributed by atoms with Crippen LogP contribution < -0.4 is 0 Å². The van der Waals surface area contributed by atoms with Crippen LogP contribution in [0.1, 0.15) is 68.9 Å². The van der Waals surface area contributed by atoms with Crippen LogP contribution in [0.15, 0.2) is 35.6 Å². The van der Waals surface area contributed by atoms with Gasteiger partial charge in [-0.1, -0.05) is 38.5 Å². The molecule has 1 aromatic heterocycles. The fourth-order valence-corrected chi connectivity index (χ4v) is 7.17. The Kier molecular flexibility index (Phi) is 3.74. The van der Waals surface area contributed by atoms with Gasteiger partial charge in [-0.05, 0) is 53.7 Å². The normalized spacial score (nSPS) is 31.7. The number of rotatable bonds is 4. The van der Waals surface area contributed by atoms with Gasteiger partial charge >= 0.3 is 5.97 Å². The number of hydrogen-bond acceptors (Lipinski definition) is 4. The lowest BCUT2D eigenvalue weighted by molar-refractivity contribution is -0.181. The van der Waals surface area contributed by atoms with Gasteiger partial charge in [-0.15, -0.1) is 11.3 Å². The molecule has 0 saturated carbocycles. The molecule has 4 aliphatic rings. The molecule has 4 heteroatoms. The van der Waals surface area contributed by atoms with Gasteiger partial charge in [-0.25, -0.2) is 0 Å². The Morgan fingerprint density at radius 3 is 2.93 bits per heavy atom. The maximum Gasteiger partial charge on any atom is 0.322 e. The molecule has 0 amide bonds. The van der Waals surface area contributed by atoms with Crippen LogP contribution in [-0.2, 0) is 19.7 Å². The number of unbranched alkanes of at least 4 members (excludes halogenated alkanes) is 1. The quantitative estimate of drug-likeness (QED) is 0.606. The van der Waals surface area contributed by atoms with E-state index in [2.05, 4.69) is 38.1 Å². The summed E-state index contributed by atoms with van der Waals surface area (Å²) in [6.45, 7) is 4.52. The molecule has 1 spiro atoms. The number of fused-ring (bicyclic) bond motifs is 2. The van der Waals surface area contributed by atoms with E-state index in [1.54, 1.807) is 7.11 Å². The zero-order chi connectivity index (χ0) is 18.8. The molecule has 3 heterocycles. The van der Waals surface area contributed by atoms with Gasteiger partial charge in [0.1, 0.15) is 11.5 Å². The monoisotopic (exact) mass is 382 g/mol. The average molecular weight is 383 g/mol. The largest absolute Gasteiger partial charge is 0.501 e. The molecule has 0 unspecified atom stereocenters. The average Bonchev–Trinajstić information content (AvgIpc) is 3.06. The van der Waals surface area contributed by atoms with Gasteiger partial charge in [0, 0.05) is 11.1 Å². The number of carbonyl (C=O) groups excluding carboxylic acids is 1. The van der Waals surface area contributed by atoms with E-state index in [0.29, 0.717) is 0 Å². The predicted molar refractivity (Wildman–Crippen MR) is 108 cm³/mol. The lowest BCUT2D eigenvalue weighted by Gasteiger charge is -2.59. The minimum atomic E-state index is -0.685. The van der Waals surface area contributed by atoms with E-state index in [4.69, 9.17) is 9.47 Å². The summed E-state index contributed by atoms with van der Waals surface area (Å²) in [5.74, 6) is 0.970. The number of benzene rings is 1. The maximum absolute atomic E-state index is 13.6. The molecule has 6 rings (SSSR count). The fourth-order valence-electron chi connectivity index (χ4n) is 5.88.